The van der Waals surface area contributed by atoms with Gasteiger partial charge in [0.15, 0.2) is 0 Å². The second-order valence-electron chi connectivity index (χ2n) is 5.67. The molecule has 0 aliphatic heterocycles. The maximum absolute atomic E-state index is 11.7. The summed E-state index contributed by atoms with van der Waals surface area (Å²) in [5, 5.41) is 18.6. The minimum atomic E-state index is -0.503. The first-order valence-electron chi connectivity index (χ1n) is 8.14. The first kappa shape index (κ1) is 16.4. The van der Waals surface area contributed by atoms with Crippen molar-refractivity contribution in [1.82, 2.24) is 15.0 Å². The van der Waals surface area contributed by atoms with Gasteiger partial charge in [0.2, 0.25) is 11.6 Å². The monoisotopic (exact) mass is 358 g/mol. The fourth-order valence-corrected chi connectivity index (χ4v) is 2.73. The lowest BCUT2D eigenvalue weighted by Gasteiger charge is -2.11. The first-order chi connectivity index (χ1) is 13.2. The van der Waals surface area contributed by atoms with Crippen LogP contribution in [0.15, 0.2) is 73.2 Å². The van der Waals surface area contributed by atoms with Crippen molar-refractivity contribution in [3.8, 4) is 0 Å². The van der Waals surface area contributed by atoms with Gasteiger partial charge in [0.25, 0.3) is 0 Å². The average Bonchev–Trinajstić information content (AvgIpc) is 2.69. The molecule has 0 aliphatic rings. The van der Waals surface area contributed by atoms with E-state index in [1.165, 1.54) is 6.33 Å². The molecule has 0 radical (unpaired) electrons. The molecule has 0 saturated heterocycles. The third kappa shape index (κ3) is 3.36. The van der Waals surface area contributed by atoms with Crippen LogP contribution in [0.25, 0.3) is 10.9 Å². The van der Waals surface area contributed by atoms with E-state index < -0.39 is 4.92 Å². The van der Waals surface area contributed by atoms with E-state index in [4.69, 9.17) is 0 Å². The van der Waals surface area contributed by atoms with Crippen LogP contribution >= 0.6 is 0 Å². The summed E-state index contributed by atoms with van der Waals surface area (Å²) in [7, 11) is 0. The van der Waals surface area contributed by atoms with E-state index in [-0.39, 0.29) is 17.3 Å². The summed E-state index contributed by atoms with van der Waals surface area (Å²) in [5.41, 5.74) is 1.91. The number of anilines is 4. The Kier molecular flexibility index (Phi) is 4.28. The van der Waals surface area contributed by atoms with E-state index >= 15 is 0 Å². The molecular formula is C19H14N6O2. The summed E-state index contributed by atoms with van der Waals surface area (Å²) in [5.74, 6) is 0.215. The lowest BCUT2D eigenvalue weighted by atomic mass is 10.2. The van der Waals surface area contributed by atoms with E-state index in [9.17, 15) is 10.1 Å². The maximum Gasteiger partial charge on any atom is 0.353 e. The molecule has 0 bridgehead atoms. The van der Waals surface area contributed by atoms with Crippen molar-refractivity contribution in [3.63, 3.8) is 0 Å². The van der Waals surface area contributed by atoms with Gasteiger partial charge in [-0.25, -0.2) is 9.97 Å². The van der Waals surface area contributed by atoms with E-state index in [0.29, 0.717) is 11.4 Å². The van der Waals surface area contributed by atoms with E-state index in [1.807, 2.05) is 48.5 Å². The van der Waals surface area contributed by atoms with Crippen LogP contribution in [-0.4, -0.2) is 19.9 Å². The molecule has 0 fully saturated rings. The highest BCUT2D eigenvalue weighted by molar-refractivity contribution is 5.93. The molecule has 27 heavy (non-hydrogen) atoms. The summed E-state index contributed by atoms with van der Waals surface area (Å²) in [6, 6.07) is 18.3. The second kappa shape index (κ2) is 7.04. The quantitative estimate of drug-likeness (QED) is 0.402. The average molecular weight is 358 g/mol. The highest BCUT2D eigenvalue weighted by Gasteiger charge is 2.23. The van der Waals surface area contributed by atoms with E-state index in [2.05, 4.69) is 25.6 Å². The standard InChI is InChI=1S/C19H14N6O2/c26-25(27)17-18(23-13-6-2-1-3-7-13)21-12-22-19(17)24-16-10-4-9-15-14(16)8-5-11-20-15/h1-12H,(H2,21,22,23,24). The van der Waals surface area contributed by atoms with Gasteiger partial charge in [-0.3, -0.25) is 15.1 Å². The number of hydrogen-bond donors (Lipinski definition) is 2. The Morgan fingerprint density at radius 1 is 0.815 bits per heavy atom. The highest BCUT2D eigenvalue weighted by atomic mass is 16.6. The van der Waals surface area contributed by atoms with Crippen LogP contribution in [0.5, 0.6) is 0 Å². The fraction of sp³-hybridized carbons (Fsp3) is 0. The summed E-state index contributed by atoms with van der Waals surface area (Å²) in [6.07, 6.45) is 2.98. The Morgan fingerprint density at radius 3 is 2.37 bits per heavy atom. The van der Waals surface area contributed by atoms with Crippen molar-refractivity contribution in [3.05, 3.63) is 83.3 Å². The van der Waals surface area contributed by atoms with Crippen molar-refractivity contribution in [1.29, 1.82) is 0 Å². The highest BCUT2D eigenvalue weighted by Crippen LogP contribution is 2.34. The molecule has 0 saturated carbocycles. The number of pyridine rings is 1. The van der Waals surface area contributed by atoms with Crippen LogP contribution in [0.3, 0.4) is 0 Å². The smallest absolute Gasteiger partial charge is 0.334 e. The second-order valence-corrected chi connectivity index (χ2v) is 5.67. The summed E-state index contributed by atoms with van der Waals surface area (Å²) in [6.45, 7) is 0. The number of benzene rings is 2. The third-order valence-corrected chi connectivity index (χ3v) is 3.94. The van der Waals surface area contributed by atoms with Gasteiger partial charge < -0.3 is 10.6 Å². The molecular weight excluding hydrogens is 344 g/mol. The first-order valence-corrected chi connectivity index (χ1v) is 8.14. The van der Waals surface area contributed by atoms with Crippen LogP contribution in [0.1, 0.15) is 0 Å². The molecule has 8 heteroatoms. The van der Waals surface area contributed by atoms with Gasteiger partial charge in [0.05, 0.1) is 10.4 Å². The summed E-state index contributed by atoms with van der Waals surface area (Å²) >= 11 is 0. The Bertz CT molecular complexity index is 1110. The molecule has 0 unspecified atom stereocenters. The van der Waals surface area contributed by atoms with Gasteiger partial charge in [0.1, 0.15) is 6.33 Å². The molecule has 0 atom stereocenters. The third-order valence-electron chi connectivity index (χ3n) is 3.94. The molecule has 0 spiro atoms. The predicted molar refractivity (Wildman–Crippen MR) is 103 cm³/mol. The number of fused-ring (bicyclic) bond motifs is 1. The number of rotatable bonds is 5. The largest absolute Gasteiger partial charge is 0.353 e. The molecule has 4 rings (SSSR count). The van der Waals surface area contributed by atoms with Gasteiger partial charge in [-0.15, -0.1) is 0 Å². The van der Waals surface area contributed by atoms with Crippen molar-refractivity contribution >= 4 is 39.6 Å². The zero-order valence-corrected chi connectivity index (χ0v) is 14.0. The molecule has 8 nitrogen and oxygen atoms in total. The fourth-order valence-electron chi connectivity index (χ4n) is 2.73. The van der Waals surface area contributed by atoms with Crippen molar-refractivity contribution in [2.45, 2.75) is 0 Å². The molecule has 2 N–H and O–H groups in total. The molecule has 0 aliphatic carbocycles. The van der Waals surface area contributed by atoms with Gasteiger partial charge >= 0.3 is 5.69 Å². The molecule has 2 aromatic heterocycles. The van der Waals surface area contributed by atoms with Crippen molar-refractivity contribution in [2.75, 3.05) is 10.6 Å². The van der Waals surface area contributed by atoms with Gasteiger partial charge in [0, 0.05) is 23.0 Å². The molecule has 2 heterocycles. The zero-order chi connectivity index (χ0) is 18.6. The lowest BCUT2D eigenvalue weighted by Crippen LogP contribution is -2.05. The van der Waals surface area contributed by atoms with Crippen LogP contribution in [0.2, 0.25) is 0 Å². The van der Waals surface area contributed by atoms with Crippen molar-refractivity contribution < 1.29 is 4.92 Å². The Labute approximate surface area is 154 Å². The number of nitro groups is 1. The number of nitrogens with one attached hydrogen (secondary N) is 2. The van der Waals surface area contributed by atoms with Crippen molar-refractivity contribution in [2.24, 2.45) is 0 Å². The van der Waals surface area contributed by atoms with Crippen LogP contribution in [-0.2, 0) is 0 Å². The predicted octanol–water partition coefficient (Wildman–Crippen LogP) is 4.42. The van der Waals surface area contributed by atoms with Gasteiger partial charge in [-0.1, -0.05) is 24.3 Å². The Balaban J connectivity index is 1.76. The normalized spacial score (nSPS) is 10.5. The topological polar surface area (TPSA) is 106 Å². The summed E-state index contributed by atoms with van der Waals surface area (Å²) in [4.78, 5) is 23.6. The number of para-hydroxylation sites is 1. The van der Waals surface area contributed by atoms with Gasteiger partial charge in [-0.05, 0) is 36.4 Å². The van der Waals surface area contributed by atoms with Crippen LogP contribution in [0, 0.1) is 10.1 Å². The van der Waals surface area contributed by atoms with Crippen LogP contribution < -0.4 is 10.6 Å². The number of nitrogens with zero attached hydrogens (tertiary/aromatic N) is 4. The summed E-state index contributed by atoms with van der Waals surface area (Å²) < 4.78 is 0. The molecule has 2 aromatic carbocycles. The molecule has 4 aromatic rings. The Morgan fingerprint density at radius 2 is 1.59 bits per heavy atom. The van der Waals surface area contributed by atoms with E-state index in [1.54, 1.807) is 18.3 Å². The Hall–Kier alpha value is -4.07. The lowest BCUT2D eigenvalue weighted by molar-refractivity contribution is -0.383. The van der Waals surface area contributed by atoms with Gasteiger partial charge in [-0.2, -0.15) is 0 Å². The van der Waals surface area contributed by atoms with E-state index in [0.717, 1.165) is 10.9 Å². The maximum atomic E-state index is 11.7. The molecule has 0 amide bonds. The SMILES string of the molecule is O=[N+]([O-])c1c(Nc2ccccc2)ncnc1Nc1cccc2ncccc12. The number of aromatic nitrogens is 3. The zero-order valence-electron chi connectivity index (χ0n) is 14.0. The molecule has 132 valence electrons. The minimum Gasteiger partial charge on any atom is -0.334 e. The van der Waals surface area contributed by atoms with Crippen LogP contribution in [0.4, 0.5) is 28.7 Å². The minimum absolute atomic E-state index is 0.102. The number of hydrogen-bond acceptors (Lipinski definition) is 7.